The minimum atomic E-state index is 0.0754. The number of hydrogen-bond donors (Lipinski definition) is 1. The Bertz CT molecular complexity index is 765. The van der Waals surface area contributed by atoms with E-state index in [1.54, 1.807) is 19.5 Å². The van der Waals surface area contributed by atoms with E-state index in [1.807, 2.05) is 23.0 Å². The summed E-state index contributed by atoms with van der Waals surface area (Å²) in [6.45, 7) is 3.73. The fourth-order valence-corrected chi connectivity index (χ4v) is 4.31. The largest absolute Gasteiger partial charge is 0.378 e. The Morgan fingerprint density at radius 1 is 1.44 bits per heavy atom. The second-order valence-electron chi connectivity index (χ2n) is 7.48. The Hall–Kier alpha value is -2.32. The van der Waals surface area contributed by atoms with E-state index in [9.17, 15) is 4.79 Å². The van der Waals surface area contributed by atoms with Crippen LogP contribution < -0.4 is 5.32 Å². The molecule has 0 aromatic carbocycles. The molecular formula is C19H26N6O2. The van der Waals surface area contributed by atoms with Crippen molar-refractivity contribution < 1.29 is 9.53 Å². The number of rotatable bonds is 7. The Balaban J connectivity index is 1.32. The number of fused-ring (bicyclic) bond motifs is 3. The molecule has 0 spiro atoms. The predicted octanol–water partition coefficient (Wildman–Crippen LogP) is 0.846. The molecule has 0 aliphatic carbocycles. The van der Waals surface area contributed by atoms with Gasteiger partial charge in [-0.1, -0.05) is 11.3 Å². The number of ether oxygens (including phenoxy) is 1. The average molecular weight is 370 g/mol. The molecule has 2 bridgehead atoms. The maximum absolute atomic E-state index is 12.7. The summed E-state index contributed by atoms with van der Waals surface area (Å²) in [6.07, 6.45) is 7.61. The molecule has 8 nitrogen and oxygen atoms in total. The van der Waals surface area contributed by atoms with Crippen LogP contribution in [0.5, 0.6) is 0 Å². The lowest BCUT2D eigenvalue weighted by Gasteiger charge is -2.49. The van der Waals surface area contributed by atoms with Gasteiger partial charge in [0.05, 0.1) is 25.3 Å². The monoisotopic (exact) mass is 370 g/mol. The van der Waals surface area contributed by atoms with Crippen LogP contribution in [0.15, 0.2) is 30.7 Å². The average Bonchev–Trinajstić information content (AvgIpc) is 3.14. The molecule has 5 rings (SSSR count). The molecule has 1 N–H and O–H groups in total. The van der Waals surface area contributed by atoms with Gasteiger partial charge in [0.1, 0.15) is 5.69 Å². The van der Waals surface area contributed by atoms with Crippen molar-refractivity contribution in [1.29, 1.82) is 0 Å². The van der Waals surface area contributed by atoms with Gasteiger partial charge in [0.2, 0.25) is 5.91 Å². The lowest BCUT2D eigenvalue weighted by atomic mass is 9.75. The first kappa shape index (κ1) is 18.1. The number of hydrogen-bond acceptors (Lipinski definition) is 6. The van der Waals surface area contributed by atoms with Crippen LogP contribution in [0.1, 0.15) is 24.1 Å². The number of carbonyl (C=O) groups is 1. The van der Waals surface area contributed by atoms with Gasteiger partial charge in [-0.05, 0) is 36.9 Å². The molecule has 3 aliphatic rings. The van der Waals surface area contributed by atoms with Crippen LogP contribution in [-0.4, -0.2) is 57.0 Å². The third-order valence-corrected chi connectivity index (χ3v) is 5.68. The molecule has 1 amide bonds. The number of pyridine rings is 1. The quantitative estimate of drug-likeness (QED) is 0.778. The second kappa shape index (κ2) is 8.14. The van der Waals surface area contributed by atoms with Crippen molar-refractivity contribution in [3.8, 4) is 0 Å². The first-order valence-corrected chi connectivity index (χ1v) is 9.51. The van der Waals surface area contributed by atoms with Gasteiger partial charge < -0.3 is 10.1 Å². The molecule has 2 aromatic heterocycles. The SMILES string of the molecule is COCc1cn(CC2CC3CCN2CC3C(=O)NCc2cccnc2)nn1. The molecule has 27 heavy (non-hydrogen) atoms. The molecule has 4 unspecified atom stereocenters. The lowest BCUT2D eigenvalue weighted by molar-refractivity contribution is -0.133. The van der Waals surface area contributed by atoms with Gasteiger partial charge in [-0.25, -0.2) is 0 Å². The Kier molecular flexibility index (Phi) is 5.45. The van der Waals surface area contributed by atoms with E-state index in [2.05, 4.69) is 25.5 Å². The first-order chi connectivity index (χ1) is 13.2. The standard InChI is InChI=1S/C19H26N6O2/c1-27-13-16-10-25(23-22-16)11-17-7-15-4-6-24(17)12-18(15)19(26)21-9-14-3-2-5-20-8-14/h2-3,5,8,10,15,17-18H,4,6-7,9,11-13H2,1H3,(H,21,26). The van der Waals surface area contributed by atoms with E-state index in [0.717, 1.165) is 43.7 Å². The van der Waals surface area contributed by atoms with E-state index < -0.39 is 0 Å². The molecule has 3 aliphatic heterocycles. The van der Waals surface area contributed by atoms with Crippen molar-refractivity contribution in [1.82, 2.24) is 30.2 Å². The van der Waals surface area contributed by atoms with Crippen molar-refractivity contribution in [3.05, 3.63) is 42.0 Å². The van der Waals surface area contributed by atoms with Gasteiger partial charge >= 0.3 is 0 Å². The molecule has 2 aromatic rings. The van der Waals surface area contributed by atoms with Crippen LogP contribution in [0.3, 0.4) is 0 Å². The van der Waals surface area contributed by atoms with Gasteiger partial charge in [0, 0.05) is 38.6 Å². The van der Waals surface area contributed by atoms with Gasteiger partial charge in [-0.3, -0.25) is 19.4 Å². The van der Waals surface area contributed by atoms with Crippen molar-refractivity contribution >= 4 is 5.91 Å². The summed E-state index contributed by atoms with van der Waals surface area (Å²) in [4.78, 5) is 19.2. The van der Waals surface area contributed by atoms with Gasteiger partial charge in [0.15, 0.2) is 0 Å². The molecule has 3 fully saturated rings. The highest BCUT2D eigenvalue weighted by atomic mass is 16.5. The number of amides is 1. The highest BCUT2D eigenvalue weighted by Crippen LogP contribution is 2.36. The smallest absolute Gasteiger partial charge is 0.224 e. The minimum absolute atomic E-state index is 0.0754. The third kappa shape index (κ3) is 4.17. The minimum Gasteiger partial charge on any atom is -0.378 e. The van der Waals surface area contributed by atoms with Crippen LogP contribution in [0.2, 0.25) is 0 Å². The lowest BCUT2D eigenvalue weighted by Crippen LogP contribution is -2.58. The van der Waals surface area contributed by atoms with E-state index in [4.69, 9.17) is 4.74 Å². The highest BCUT2D eigenvalue weighted by Gasteiger charge is 2.43. The maximum atomic E-state index is 12.7. The predicted molar refractivity (Wildman–Crippen MR) is 98.4 cm³/mol. The second-order valence-corrected chi connectivity index (χ2v) is 7.48. The summed E-state index contributed by atoms with van der Waals surface area (Å²) in [5, 5.41) is 11.4. The van der Waals surface area contributed by atoms with Crippen LogP contribution in [0.4, 0.5) is 0 Å². The molecule has 0 radical (unpaired) electrons. The summed E-state index contributed by atoms with van der Waals surface area (Å²) >= 11 is 0. The number of nitrogens with zero attached hydrogens (tertiary/aromatic N) is 5. The van der Waals surface area contributed by atoms with Crippen molar-refractivity contribution in [2.75, 3.05) is 20.2 Å². The Morgan fingerprint density at radius 3 is 3.11 bits per heavy atom. The van der Waals surface area contributed by atoms with E-state index in [-0.39, 0.29) is 11.8 Å². The normalized spacial score (nSPS) is 26.9. The Labute approximate surface area is 158 Å². The summed E-state index contributed by atoms with van der Waals surface area (Å²) in [7, 11) is 1.66. The number of nitrogens with one attached hydrogen (secondary N) is 1. The summed E-state index contributed by atoms with van der Waals surface area (Å²) in [5.74, 6) is 0.678. The fraction of sp³-hybridized carbons (Fsp3) is 0.579. The maximum Gasteiger partial charge on any atom is 0.224 e. The third-order valence-electron chi connectivity index (χ3n) is 5.68. The molecule has 144 valence electrons. The van der Waals surface area contributed by atoms with Crippen LogP contribution in [-0.2, 0) is 29.2 Å². The van der Waals surface area contributed by atoms with Gasteiger partial charge in [-0.2, -0.15) is 0 Å². The van der Waals surface area contributed by atoms with Crippen LogP contribution in [0, 0.1) is 11.8 Å². The summed E-state index contributed by atoms with van der Waals surface area (Å²) in [6, 6.07) is 4.29. The molecule has 5 heterocycles. The Morgan fingerprint density at radius 2 is 2.37 bits per heavy atom. The molecule has 4 atom stereocenters. The van der Waals surface area contributed by atoms with Crippen molar-refractivity contribution in [2.24, 2.45) is 11.8 Å². The number of piperidine rings is 3. The molecule has 0 saturated carbocycles. The van der Waals surface area contributed by atoms with Crippen LogP contribution >= 0.6 is 0 Å². The fourth-order valence-electron chi connectivity index (χ4n) is 4.31. The van der Waals surface area contributed by atoms with Gasteiger partial charge in [-0.15, -0.1) is 5.10 Å². The zero-order valence-electron chi connectivity index (χ0n) is 15.6. The van der Waals surface area contributed by atoms with Gasteiger partial charge in [0.25, 0.3) is 0 Å². The highest BCUT2D eigenvalue weighted by molar-refractivity contribution is 5.79. The molecule has 8 heteroatoms. The van der Waals surface area contributed by atoms with E-state index >= 15 is 0 Å². The first-order valence-electron chi connectivity index (χ1n) is 9.51. The summed E-state index contributed by atoms with van der Waals surface area (Å²) < 4.78 is 7.00. The summed E-state index contributed by atoms with van der Waals surface area (Å²) in [5.41, 5.74) is 1.88. The molecule has 3 saturated heterocycles. The number of aromatic nitrogens is 4. The zero-order chi connectivity index (χ0) is 18.6. The van der Waals surface area contributed by atoms with E-state index in [0.29, 0.717) is 25.1 Å². The van der Waals surface area contributed by atoms with Crippen molar-refractivity contribution in [3.63, 3.8) is 0 Å². The number of carbonyl (C=O) groups excluding carboxylic acids is 1. The zero-order valence-corrected chi connectivity index (χ0v) is 15.6. The topological polar surface area (TPSA) is 85.2 Å². The van der Waals surface area contributed by atoms with E-state index in [1.165, 1.54) is 0 Å². The van der Waals surface area contributed by atoms with Crippen molar-refractivity contribution in [2.45, 2.75) is 38.6 Å². The number of methoxy groups -OCH3 is 1. The van der Waals surface area contributed by atoms with Crippen LogP contribution in [0.25, 0.3) is 0 Å². The molecular weight excluding hydrogens is 344 g/mol.